The molecule has 3 heterocycles. The number of pyridine rings is 1. The summed E-state index contributed by atoms with van der Waals surface area (Å²) in [4.78, 5) is 7.01. The van der Waals surface area contributed by atoms with Gasteiger partial charge in [0, 0.05) is 19.0 Å². The molecule has 5 nitrogen and oxygen atoms in total. The Kier molecular flexibility index (Phi) is 4.19. The van der Waals surface area contributed by atoms with Crippen molar-refractivity contribution >= 4 is 11.5 Å². The van der Waals surface area contributed by atoms with Gasteiger partial charge in [-0.3, -0.25) is 0 Å². The number of hydrogen-bond donors (Lipinski definition) is 1. The summed E-state index contributed by atoms with van der Waals surface area (Å²) in [5.74, 6) is 4.56. The molecule has 0 spiro atoms. The Morgan fingerprint density at radius 2 is 2.00 bits per heavy atom. The number of nitrogens with zero attached hydrogens (tertiary/aromatic N) is 2. The zero-order valence-electron chi connectivity index (χ0n) is 14.4. The molecule has 5 heteroatoms. The van der Waals surface area contributed by atoms with Gasteiger partial charge in [-0.15, -0.1) is 0 Å². The summed E-state index contributed by atoms with van der Waals surface area (Å²) in [6.07, 6.45) is 1.26. The molecule has 2 aromatic rings. The summed E-state index contributed by atoms with van der Waals surface area (Å²) in [6, 6.07) is 8.40. The number of morpholine rings is 1. The van der Waals surface area contributed by atoms with Crippen LogP contribution in [-0.2, 0) is 11.3 Å². The van der Waals surface area contributed by atoms with Crippen molar-refractivity contribution in [2.75, 3.05) is 36.5 Å². The number of aryl methyl sites for hydroxylation is 1. The van der Waals surface area contributed by atoms with Crippen LogP contribution >= 0.6 is 0 Å². The molecule has 2 atom stereocenters. The van der Waals surface area contributed by atoms with Gasteiger partial charge in [-0.2, -0.15) is 0 Å². The quantitative estimate of drug-likeness (QED) is 0.910. The molecule has 0 radical (unpaired) electrons. The number of rotatable bonds is 5. The monoisotopic (exact) mass is 327 g/mol. The van der Waals surface area contributed by atoms with Crippen molar-refractivity contribution in [3.05, 3.63) is 41.5 Å². The molecule has 1 aliphatic carbocycles. The van der Waals surface area contributed by atoms with Gasteiger partial charge in [0.2, 0.25) is 0 Å². The van der Waals surface area contributed by atoms with Crippen molar-refractivity contribution in [2.45, 2.75) is 32.7 Å². The second kappa shape index (κ2) is 6.48. The van der Waals surface area contributed by atoms with E-state index in [1.807, 2.05) is 6.92 Å². The maximum Gasteiger partial charge on any atom is 0.129 e. The van der Waals surface area contributed by atoms with Crippen LogP contribution in [-0.4, -0.2) is 31.3 Å². The molecule has 128 valence electrons. The Labute approximate surface area is 143 Å². The summed E-state index contributed by atoms with van der Waals surface area (Å²) in [7, 11) is 0. The average Bonchev–Trinajstić information content (AvgIpc) is 3.15. The van der Waals surface area contributed by atoms with E-state index in [0.29, 0.717) is 12.5 Å². The first kappa shape index (κ1) is 15.5. The Morgan fingerprint density at radius 3 is 2.71 bits per heavy atom. The molecule has 2 aromatic heterocycles. The number of furan rings is 1. The molecule has 4 rings (SSSR count). The first-order valence-corrected chi connectivity index (χ1v) is 8.83. The Hall–Kier alpha value is -2.01. The fraction of sp³-hybridized carbons (Fsp3) is 0.526. The molecule has 0 amide bonds. The molecule has 0 aromatic carbocycles. The lowest BCUT2D eigenvalue weighted by Gasteiger charge is -2.28. The van der Waals surface area contributed by atoms with Crippen LogP contribution < -0.4 is 10.2 Å². The van der Waals surface area contributed by atoms with E-state index in [2.05, 4.69) is 41.4 Å². The van der Waals surface area contributed by atoms with E-state index >= 15 is 0 Å². The normalized spacial score (nSPS) is 23.3. The number of ether oxygens (including phenoxy) is 1. The van der Waals surface area contributed by atoms with Crippen LogP contribution in [0.4, 0.5) is 11.5 Å². The summed E-state index contributed by atoms with van der Waals surface area (Å²) in [5.41, 5.74) is 2.08. The van der Waals surface area contributed by atoms with Gasteiger partial charge in [-0.05, 0) is 43.5 Å². The van der Waals surface area contributed by atoms with Crippen LogP contribution in [0.25, 0.3) is 0 Å². The first-order chi connectivity index (χ1) is 11.7. The topological polar surface area (TPSA) is 50.5 Å². The third kappa shape index (κ3) is 3.26. The van der Waals surface area contributed by atoms with Crippen LogP contribution in [0.1, 0.15) is 36.5 Å². The highest BCUT2D eigenvalue weighted by atomic mass is 16.5. The Bertz CT molecular complexity index is 706. The predicted octanol–water partition coefficient (Wildman–Crippen LogP) is 3.56. The fourth-order valence-electron chi connectivity index (χ4n) is 3.29. The summed E-state index contributed by atoms with van der Waals surface area (Å²) < 4.78 is 11.4. The molecule has 24 heavy (non-hydrogen) atoms. The van der Waals surface area contributed by atoms with Gasteiger partial charge in [-0.25, -0.2) is 4.98 Å². The minimum atomic E-state index is 0.634. The summed E-state index contributed by atoms with van der Waals surface area (Å²) >= 11 is 0. The third-order valence-corrected chi connectivity index (χ3v) is 5.02. The Balaban J connectivity index is 1.38. The molecular weight excluding hydrogens is 302 g/mol. The minimum Gasteiger partial charge on any atom is -0.464 e. The highest BCUT2D eigenvalue weighted by molar-refractivity contribution is 5.53. The van der Waals surface area contributed by atoms with Crippen LogP contribution in [0.2, 0.25) is 0 Å². The molecule has 2 fully saturated rings. The van der Waals surface area contributed by atoms with Crippen LogP contribution in [0.5, 0.6) is 0 Å². The molecule has 1 N–H and O–H groups in total. The molecule has 2 unspecified atom stereocenters. The van der Waals surface area contributed by atoms with Crippen molar-refractivity contribution in [1.29, 1.82) is 0 Å². The second-order valence-corrected chi connectivity index (χ2v) is 6.88. The number of nitrogens with one attached hydrogen (secondary N) is 1. The highest BCUT2D eigenvalue weighted by Gasteiger charge is 2.36. The zero-order chi connectivity index (χ0) is 16.5. The zero-order valence-corrected chi connectivity index (χ0v) is 14.4. The van der Waals surface area contributed by atoms with Gasteiger partial charge in [0.25, 0.3) is 0 Å². The number of aromatic nitrogens is 1. The molecule has 1 saturated heterocycles. The molecule has 0 bridgehead atoms. The smallest absolute Gasteiger partial charge is 0.129 e. The lowest BCUT2D eigenvalue weighted by molar-refractivity contribution is 0.122. The van der Waals surface area contributed by atoms with Crippen molar-refractivity contribution in [3.63, 3.8) is 0 Å². The maximum atomic E-state index is 5.95. The molecule has 1 aliphatic heterocycles. The Morgan fingerprint density at radius 1 is 1.21 bits per heavy atom. The van der Waals surface area contributed by atoms with Crippen LogP contribution in [0.3, 0.4) is 0 Å². The second-order valence-electron chi connectivity index (χ2n) is 6.88. The SMILES string of the molecule is Cc1nc(N2CCOCC2)ccc1NCc1ccc(C2CC2C)o1. The molecule has 1 saturated carbocycles. The predicted molar refractivity (Wildman–Crippen MR) is 94.6 cm³/mol. The van der Waals surface area contributed by atoms with Gasteiger partial charge in [0.15, 0.2) is 0 Å². The molecule has 2 aliphatic rings. The maximum absolute atomic E-state index is 5.95. The van der Waals surface area contributed by atoms with Crippen molar-refractivity contribution in [2.24, 2.45) is 5.92 Å². The summed E-state index contributed by atoms with van der Waals surface area (Å²) in [5, 5.41) is 3.44. The molecular formula is C19H25N3O2. The van der Waals surface area contributed by atoms with E-state index in [1.165, 1.54) is 6.42 Å². The largest absolute Gasteiger partial charge is 0.464 e. The van der Waals surface area contributed by atoms with Crippen molar-refractivity contribution in [1.82, 2.24) is 4.98 Å². The van der Waals surface area contributed by atoms with Gasteiger partial charge < -0.3 is 19.4 Å². The van der Waals surface area contributed by atoms with E-state index in [4.69, 9.17) is 14.1 Å². The first-order valence-electron chi connectivity index (χ1n) is 8.83. The minimum absolute atomic E-state index is 0.634. The highest BCUT2D eigenvalue weighted by Crippen LogP contribution is 2.47. The van der Waals surface area contributed by atoms with E-state index < -0.39 is 0 Å². The lowest BCUT2D eigenvalue weighted by Crippen LogP contribution is -2.36. The number of anilines is 2. The number of hydrogen-bond acceptors (Lipinski definition) is 5. The van der Waals surface area contributed by atoms with Crippen molar-refractivity contribution < 1.29 is 9.15 Å². The lowest BCUT2D eigenvalue weighted by atomic mass is 10.2. The average molecular weight is 327 g/mol. The fourth-order valence-corrected chi connectivity index (χ4v) is 3.29. The standard InChI is InChI=1S/C19H25N3O2/c1-13-11-16(13)18-5-3-15(24-18)12-20-17-4-6-19(21-14(17)2)22-7-9-23-10-8-22/h3-6,13,16,20H,7-12H2,1-2H3. The van der Waals surface area contributed by atoms with E-state index in [9.17, 15) is 0 Å². The van der Waals surface area contributed by atoms with E-state index in [-0.39, 0.29) is 0 Å². The van der Waals surface area contributed by atoms with Crippen LogP contribution in [0, 0.1) is 12.8 Å². The van der Waals surface area contributed by atoms with Crippen LogP contribution in [0.15, 0.2) is 28.7 Å². The van der Waals surface area contributed by atoms with Crippen molar-refractivity contribution in [3.8, 4) is 0 Å². The van der Waals surface area contributed by atoms with E-state index in [0.717, 1.165) is 60.9 Å². The van der Waals surface area contributed by atoms with Gasteiger partial charge in [-0.1, -0.05) is 6.92 Å². The third-order valence-electron chi connectivity index (χ3n) is 5.02. The van der Waals surface area contributed by atoms with Gasteiger partial charge in [0.1, 0.15) is 17.3 Å². The van der Waals surface area contributed by atoms with Gasteiger partial charge in [0.05, 0.1) is 31.1 Å². The van der Waals surface area contributed by atoms with E-state index in [1.54, 1.807) is 0 Å². The summed E-state index contributed by atoms with van der Waals surface area (Å²) in [6.45, 7) is 8.40. The van der Waals surface area contributed by atoms with Gasteiger partial charge >= 0.3 is 0 Å².